The predicted molar refractivity (Wildman–Crippen MR) is 81.1 cm³/mol. The van der Waals surface area contributed by atoms with Crippen molar-refractivity contribution < 1.29 is 0 Å². The van der Waals surface area contributed by atoms with Crippen LogP contribution in [0.5, 0.6) is 0 Å². The zero-order valence-electron chi connectivity index (χ0n) is 11.7. The van der Waals surface area contributed by atoms with Crippen molar-refractivity contribution in [2.75, 3.05) is 5.32 Å². The highest BCUT2D eigenvalue weighted by Gasteiger charge is 2.12. The van der Waals surface area contributed by atoms with Gasteiger partial charge >= 0.3 is 0 Å². The van der Waals surface area contributed by atoms with E-state index >= 15 is 0 Å². The van der Waals surface area contributed by atoms with Gasteiger partial charge in [0.1, 0.15) is 5.82 Å². The van der Waals surface area contributed by atoms with Crippen LogP contribution in [0.3, 0.4) is 0 Å². The fraction of sp³-hybridized carbons (Fsp3) is 0.467. The Kier molecular flexibility index (Phi) is 3.92. The van der Waals surface area contributed by atoms with Gasteiger partial charge in [0.15, 0.2) is 5.82 Å². The van der Waals surface area contributed by atoms with Crippen molar-refractivity contribution in [2.24, 2.45) is 0 Å². The molecule has 2 aromatic rings. The van der Waals surface area contributed by atoms with Crippen molar-refractivity contribution in [2.45, 2.75) is 45.7 Å². The van der Waals surface area contributed by atoms with E-state index in [1.54, 1.807) is 0 Å². The molecule has 0 amide bonds. The molecule has 20 heavy (non-hydrogen) atoms. The molecule has 106 valence electrons. The molecule has 1 aliphatic rings. The van der Waals surface area contributed by atoms with Crippen LogP contribution in [0.1, 0.15) is 36.5 Å². The minimum atomic E-state index is 0.638. The molecule has 1 N–H and O–H groups in total. The predicted octanol–water partition coefficient (Wildman–Crippen LogP) is 3.58. The van der Waals surface area contributed by atoms with Crippen molar-refractivity contribution >= 4 is 17.3 Å². The number of fused-ring (bicyclic) bond motifs is 1. The molecule has 2 heterocycles. The summed E-state index contributed by atoms with van der Waals surface area (Å²) in [6.07, 6.45) is 4.75. The summed E-state index contributed by atoms with van der Waals surface area (Å²) in [4.78, 5) is 4.62. The van der Waals surface area contributed by atoms with E-state index in [1.807, 2.05) is 25.1 Å². The number of hydrogen-bond acceptors (Lipinski definition) is 3. The fourth-order valence-electron chi connectivity index (χ4n) is 2.47. The van der Waals surface area contributed by atoms with Crippen molar-refractivity contribution in [1.29, 1.82) is 0 Å². The molecule has 3 rings (SSSR count). The van der Waals surface area contributed by atoms with Crippen LogP contribution in [-0.2, 0) is 19.5 Å². The van der Waals surface area contributed by atoms with Gasteiger partial charge in [0.05, 0.1) is 6.54 Å². The number of halogens is 1. The lowest BCUT2D eigenvalue weighted by atomic mass is 10.2. The van der Waals surface area contributed by atoms with E-state index in [4.69, 9.17) is 11.6 Å². The molecule has 1 aromatic heterocycles. The number of aryl methyl sites for hydroxylation is 3. The number of nitrogens with one attached hydrogen (secondary N) is 1. The Morgan fingerprint density at radius 2 is 2.20 bits per heavy atom. The van der Waals surface area contributed by atoms with E-state index in [2.05, 4.69) is 20.1 Å². The first-order valence-electron chi connectivity index (χ1n) is 7.15. The molecule has 5 heteroatoms. The molecule has 0 saturated carbocycles. The minimum absolute atomic E-state index is 0.638. The third-order valence-corrected chi connectivity index (χ3v) is 4.09. The van der Waals surface area contributed by atoms with Crippen molar-refractivity contribution in [3.8, 4) is 0 Å². The van der Waals surface area contributed by atoms with E-state index < -0.39 is 0 Å². The molecular formula is C15H19ClN4. The third kappa shape index (κ3) is 2.96. The molecule has 0 fully saturated rings. The first kappa shape index (κ1) is 13.4. The molecule has 0 aliphatic carbocycles. The second-order valence-corrected chi connectivity index (χ2v) is 5.70. The molecule has 0 radical (unpaired) electrons. The molecule has 0 unspecified atom stereocenters. The van der Waals surface area contributed by atoms with Gasteiger partial charge in [-0.25, -0.2) is 9.67 Å². The zero-order valence-corrected chi connectivity index (χ0v) is 12.5. The molecule has 1 aliphatic heterocycles. The summed E-state index contributed by atoms with van der Waals surface area (Å²) < 4.78 is 2.06. The number of aromatic nitrogens is 3. The van der Waals surface area contributed by atoms with Gasteiger partial charge in [0.2, 0.25) is 0 Å². The average molecular weight is 291 g/mol. The summed E-state index contributed by atoms with van der Waals surface area (Å²) in [7, 11) is 0. The van der Waals surface area contributed by atoms with Crippen LogP contribution in [0.4, 0.5) is 5.69 Å². The van der Waals surface area contributed by atoms with Gasteiger partial charge in [0, 0.05) is 23.7 Å². The normalized spacial score (nSPS) is 14.7. The van der Waals surface area contributed by atoms with Crippen molar-refractivity contribution in [3.63, 3.8) is 0 Å². The summed E-state index contributed by atoms with van der Waals surface area (Å²) in [6.45, 7) is 3.64. The summed E-state index contributed by atoms with van der Waals surface area (Å²) in [5.41, 5.74) is 2.09. The Bertz CT molecular complexity index is 582. The molecule has 1 aromatic carbocycles. The van der Waals surface area contributed by atoms with Gasteiger partial charge in [-0.05, 0) is 37.5 Å². The van der Waals surface area contributed by atoms with Crippen LogP contribution in [0.2, 0.25) is 5.02 Å². The standard InChI is InChI=1S/C15H19ClN4/c1-11-6-7-12(9-13(11)16)17-10-14-18-15-5-3-2-4-8-20(15)19-14/h6-7,9,17H,2-5,8,10H2,1H3. The van der Waals surface area contributed by atoms with Gasteiger partial charge in [-0.2, -0.15) is 5.10 Å². The molecular weight excluding hydrogens is 272 g/mol. The largest absolute Gasteiger partial charge is 0.378 e. The van der Waals surface area contributed by atoms with Crippen LogP contribution in [0, 0.1) is 6.92 Å². The summed E-state index contributed by atoms with van der Waals surface area (Å²) in [6, 6.07) is 5.99. The quantitative estimate of drug-likeness (QED) is 0.939. The Labute approximate surface area is 124 Å². The molecule has 0 atom stereocenters. The highest BCUT2D eigenvalue weighted by Crippen LogP contribution is 2.20. The van der Waals surface area contributed by atoms with Gasteiger partial charge in [-0.1, -0.05) is 24.1 Å². The number of benzene rings is 1. The second kappa shape index (κ2) is 5.83. The first-order chi connectivity index (χ1) is 9.72. The van der Waals surface area contributed by atoms with Crippen molar-refractivity contribution in [3.05, 3.63) is 40.4 Å². The lowest BCUT2D eigenvalue weighted by Crippen LogP contribution is -2.04. The topological polar surface area (TPSA) is 42.7 Å². The Morgan fingerprint density at radius 3 is 3.05 bits per heavy atom. The SMILES string of the molecule is Cc1ccc(NCc2nc3n(n2)CCCCC3)cc1Cl. The minimum Gasteiger partial charge on any atom is -0.378 e. The average Bonchev–Trinajstić information content (AvgIpc) is 2.70. The van der Waals surface area contributed by atoms with Gasteiger partial charge in [-0.15, -0.1) is 0 Å². The van der Waals surface area contributed by atoms with E-state index in [0.717, 1.165) is 40.9 Å². The summed E-state index contributed by atoms with van der Waals surface area (Å²) in [5, 5.41) is 8.69. The molecule has 0 saturated heterocycles. The maximum atomic E-state index is 6.12. The maximum Gasteiger partial charge on any atom is 0.169 e. The fourth-order valence-corrected chi connectivity index (χ4v) is 2.65. The molecule has 4 nitrogen and oxygen atoms in total. The van der Waals surface area contributed by atoms with Gasteiger partial charge in [0.25, 0.3) is 0 Å². The van der Waals surface area contributed by atoms with Crippen LogP contribution < -0.4 is 5.32 Å². The number of anilines is 1. The number of hydrogen-bond donors (Lipinski definition) is 1. The second-order valence-electron chi connectivity index (χ2n) is 5.30. The highest BCUT2D eigenvalue weighted by atomic mass is 35.5. The monoisotopic (exact) mass is 290 g/mol. The smallest absolute Gasteiger partial charge is 0.169 e. The van der Waals surface area contributed by atoms with E-state index in [-0.39, 0.29) is 0 Å². The molecule has 0 bridgehead atoms. The lowest BCUT2D eigenvalue weighted by Gasteiger charge is -2.05. The number of rotatable bonds is 3. The molecule has 0 spiro atoms. The van der Waals surface area contributed by atoms with Crippen LogP contribution >= 0.6 is 11.6 Å². The lowest BCUT2D eigenvalue weighted by molar-refractivity contribution is 0.570. The zero-order chi connectivity index (χ0) is 13.9. The maximum absolute atomic E-state index is 6.12. The van der Waals surface area contributed by atoms with Crippen molar-refractivity contribution in [1.82, 2.24) is 14.8 Å². The third-order valence-electron chi connectivity index (χ3n) is 3.68. The van der Waals surface area contributed by atoms with E-state index in [1.165, 1.54) is 19.3 Å². The Morgan fingerprint density at radius 1 is 1.30 bits per heavy atom. The highest BCUT2D eigenvalue weighted by molar-refractivity contribution is 6.31. The van der Waals surface area contributed by atoms with Crippen LogP contribution in [0.25, 0.3) is 0 Å². The summed E-state index contributed by atoms with van der Waals surface area (Å²) >= 11 is 6.12. The first-order valence-corrected chi connectivity index (χ1v) is 7.53. The Hall–Kier alpha value is -1.55. The summed E-state index contributed by atoms with van der Waals surface area (Å²) in [5.74, 6) is 1.99. The van der Waals surface area contributed by atoms with E-state index in [9.17, 15) is 0 Å². The Balaban J connectivity index is 1.67. The van der Waals surface area contributed by atoms with E-state index in [0.29, 0.717) is 6.54 Å². The van der Waals surface area contributed by atoms with Crippen LogP contribution in [-0.4, -0.2) is 14.8 Å². The van der Waals surface area contributed by atoms with Gasteiger partial charge < -0.3 is 5.32 Å². The van der Waals surface area contributed by atoms with Gasteiger partial charge in [-0.3, -0.25) is 0 Å². The number of nitrogens with zero attached hydrogens (tertiary/aromatic N) is 3. The van der Waals surface area contributed by atoms with Crippen LogP contribution in [0.15, 0.2) is 18.2 Å².